The second-order valence-electron chi connectivity index (χ2n) is 6.94. The van der Waals surface area contributed by atoms with E-state index in [0.29, 0.717) is 30.9 Å². The summed E-state index contributed by atoms with van der Waals surface area (Å²) in [6.45, 7) is 4.43. The van der Waals surface area contributed by atoms with E-state index in [1.807, 2.05) is 0 Å². The first-order valence-corrected chi connectivity index (χ1v) is 8.06. The number of nitrogens with one attached hydrogen (secondary N) is 1. The number of halogens is 1. The third-order valence-electron chi connectivity index (χ3n) is 4.96. The molecule has 0 aliphatic heterocycles. The smallest absolute Gasteiger partial charge is 0.306 e. The fourth-order valence-electron chi connectivity index (χ4n) is 3.29. The maximum Gasteiger partial charge on any atom is 0.306 e. The minimum atomic E-state index is -0.826. The summed E-state index contributed by atoms with van der Waals surface area (Å²) in [6, 6.07) is 1.28. The van der Waals surface area contributed by atoms with Crippen LogP contribution >= 0.6 is 0 Å². The molecule has 128 valence electrons. The normalized spacial score (nSPS) is 23.5. The van der Waals surface area contributed by atoms with Gasteiger partial charge in [0.25, 0.3) is 0 Å². The molecule has 0 radical (unpaired) electrons. The molecule has 5 nitrogen and oxygen atoms in total. The lowest BCUT2D eigenvalue weighted by Gasteiger charge is -2.39. The SMILES string of the molecule is CC(C)(NCC(O)c1cncc(F)c1)C1CCC(C(=O)O)CC1. The van der Waals surface area contributed by atoms with E-state index in [1.54, 1.807) is 0 Å². The van der Waals surface area contributed by atoms with Gasteiger partial charge in [0.15, 0.2) is 0 Å². The molecule has 1 aliphatic carbocycles. The zero-order valence-corrected chi connectivity index (χ0v) is 13.6. The van der Waals surface area contributed by atoms with Gasteiger partial charge in [0.05, 0.1) is 18.2 Å². The molecule has 1 atom stereocenters. The van der Waals surface area contributed by atoms with Crippen LogP contribution in [-0.2, 0) is 4.79 Å². The molecule has 1 aromatic rings. The summed E-state index contributed by atoms with van der Waals surface area (Å²) < 4.78 is 13.2. The molecular weight excluding hydrogens is 299 g/mol. The van der Waals surface area contributed by atoms with Crippen LogP contribution in [0.2, 0.25) is 0 Å². The lowest BCUT2D eigenvalue weighted by atomic mass is 9.73. The number of nitrogens with zero attached hydrogens (tertiary/aromatic N) is 1. The number of aliphatic hydroxyl groups excluding tert-OH is 1. The van der Waals surface area contributed by atoms with E-state index in [4.69, 9.17) is 5.11 Å². The molecule has 0 amide bonds. The van der Waals surface area contributed by atoms with Gasteiger partial charge in [0.1, 0.15) is 5.82 Å². The molecule has 0 aromatic carbocycles. The Morgan fingerprint density at radius 1 is 1.39 bits per heavy atom. The highest BCUT2D eigenvalue weighted by molar-refractivity contribution is 5.70. The number of rotatable bonds is 6. The quantitative estimate of drug-likeness (QED) is 0.749. The van der Waals surface area contributed by atoms with Gasteiger partial charge in [-0.05, 0) is 51.5 Å². The maximum absolute atomic E-state index is 13.2. The topological polar surface area (TPSA) is 82.5 Å². The molecule has 1 aliphatic rings. The number of β-amino-alcohol motifs (C(OH)–C–C–N with tert-alkyl or cyclic N) is 1. The van der Waals surface area contributed by atoms with Gasteiger partial charge in [-0.3, -0.25) is 9.78 Å². The number of aliphatic carboxylic acids is 1. The van der Waals surface area contributed by atoms with Crippen molar-refractivity contribution in [2.45, 2.75) is 51.2 Å². The number of aliphatic hydroxyl groups is 1. The monoisotopic (exact) mass is 324 g/mol. The summed E-state index contributed by atoms with van der Waals surface area (Å²) in [7, 11) is 0. The number of carbonyl (C=O) groups is 1. The van der Waals surface area contributed by atoms with Crippen molar-refractivity contribution in [1.29, 1.82) is 0 Å². The van der Waals surface area contributed by atoms with E-state index >= 15 is 0 Å². The highest BCUT2D eigenvalue weighted by Gasteiger charge is 2.35. The standard InChI is InChI=1S/C17H25FN2O3/c1-17(2,13-5-3-11(4-6-13)16(22)23)20-10-15(21)12-7-14(18)9-19-8-12/h7-9,11,13,15,20-21H,3-6,10H2,1-2H3,(H,22,23). The van der Waals surface area contributed by atoms with Gasteiger partial charge in [-0.1, -0.05) is 0 Å². The van der Waals surface area contributed by atoms with Crippen LogP contribution in [0.25, 0.3) is 0 Å². The summed E-state index contributed by atoms with van der Waals surface area (Å²) in [5.74, 6) is -1.04. The molecule has 0 spiro atoms. The Labute approximate surface area is 135 Å². The van der Waals surface area contributed by atoms with Gasteiger partial charge in [0.2, 0.25) is 0 Å². The highest BCUT2D eigenvalue weighted by atomic mass is 19.1. The predicted octanol–water partition coefficient (Wildman–Crippen LogP) is 2.51. The Morgan fingerprint density at radius 3 is 2.61 bits per heavy atom. The zero-order chi connectivity index (χ0) is 17.0. The first-order chi connectivity index (χ1) is 10.8. The summed E-state index contributed by atoms with van der Waals surface area (Å²) in [6.07, 6.45) is 4.84. The summed E-state index contributed by atoms with van der Waals surface area (Å²) >= 11 is 0. The van der Waals surface area contributed by atoms with Gasteiger partial charge < -0.3 is 15.5 Å². The second-order valence-corrected chi connectivity index (χ2v) is 6.94. The molecule has 1 unspecified atom stereocenters. The van der Waals surface area contributed by atoms with Crippen molar-refractivity contribution in [3.05, 3.63) is 29.8 Å². The van der Waals surface area contributed by atoms with E-state index in [9.17, 15) is 14.3 Å². The largest absolute Gasteiger partial charge is 0.481 e. The van der Waals surface area contributed by atoms with Crippen molar-refractivity contribution in [2.75, 3.05) is 6.54 Å². The van der Waals surface area contributed by atoms with Crippen LogP contribution in [0, 0.1) is 17.7 Å². The molecule has 1 saturated carbocycles. The molecule has 1 fully saturated rings. The first-order valence-electron chi connectivity index (χ1n) is 8.06. The minimum absolute atomic E-state index is 0.217. The zero-order valence-electron chi connectivity index (χ0n) is 13.6. The Kier molecular flexibility index (Phi) is 5.70. The summed E-state index contributed by atoms with van der Waals surface area (Å²) in [5.41, 5.74) is 0.230. The van der Waals surface area contributed by atoms with Gasteiger partial charge in [-0.15, -0.1) is 0 Å². The molecule has 23 heavy (non-hydrogen) atoms. The van der Waals surface area contributed by atoms with Crippen molar-refractivity contribution >= 4 is 5.97 Å². The van der Waals surface area contributed by atoms with E-state index in [-0.39, 0.29) is 11.5 Å². The van der Waals surface area contributed by atoms with E-state index in [2.05, 4.69) is 24.1 Å². The number of pyridine rings is 1. The van der Waals surface area contributed by atoms with E-state index < -0.39 is 17.9 Å². The number of hydrogen-bond donors (Lipinski definition) is 3. The Hall–Kier alpha value is -1.53. The molecule has 1 aromatic heterocycles. The maximum atomic E-state index is 13.2. The number of hydrogen-bond acceptors (Lipinski definition) is 4. The third-order valence-corrected chi connectivity index (χ3v) is 4.96. The average molecular weight is 324 g/mol. The second kappa shape index (κ2) is 7.36. The fourth-order valence-corrected chi connectivity index (χ4v) is 3.29. The van der Waals surface area contributed by atoms with E-state index in [0.717, 1.165) is 19.0 Å². The molecule has 6 heteroatoms. The van der Waals surface area contributed by atoms with Gasteiger partial charge in [0, 0.05) is 23.8 Å². The summed E-state index contributed by atoms with van der Waals surface area (Å²) in [5, 5.41) is 22.6. The third kappa shape index (κ3) is 4.72. The predicted molar refractivity (Wildman–Crippen MR) is 84.3 cm³/mol. The minimum Gasteiger partial charge on any atom is -0.481 e. The fraction of sp³-hybridized carbons (Fsp3) is 0.647. The van der Waals surface area contributed by atoms with Crippen molar-refractivity contribution in [3.8, 4) is 0 Å². The number of carboxylic acids is 1. The first kappa shape index (κ1) is 17.8. The number of carboxylic acid groups (broad SMARTS) is 1. The van der Waals surface area contributed by atoms with Crippen molar-refractivity contribution in [1.82, 2.24) is 10.3 Å². The molecule has 0 bridgehead atoms. The van der Waals surface area contributed by atoms with Crippen molar-refractivity contribution in [2.24, 2.45) is 11.8 Å². The van der Waals surface area contributed by atoms with Crippen LogP contribution in [0.5, 0.6) is 0 Å². The molecule has 1 heterocycles. The van der Waals surface area contributed by atoms with E-state index in [1.165, 1.54) is 12.3 Å². The highest BCUT2D eigenvalue weighted by Crippen LogP contribution is 2.35. The Morgan fingerprint density at radius 2 is 2.04 bits per heavy atom. The molecule has 3 N–H and O–H groups in total. The van der Waals surface area contributed by atoms with Gasteiger partial charge >= 0.3 is 5.97 Å². The van der Waals surface area contributed by atoms with Crippen LogP contribution in [0.15, 0.2) is 18.5 Å². The van der Waals surface area contributed by atoms with Crippen LogP contribution in [-0.4, -0.2) is 33.3 Å². The van der Waals surface area contributed by atoms with Crippen LogP contribution in [0.4, 0.5) is 4.39 Å². The summed E-state index contributed by atoms with van der Waals surface area (Å²) in [4.78, 5) is 14.8. The lowest BCUT2D eigenvalue weighted by Crippen LogP contribution is -2.49. The average Bonchev–Trinajstić information content (AvgIpc) is 2.52. The number of aromatic nitrogens is 1. The van der Waals surface area contributed by atoms with Gasteiger partial charge in [-0.2, -0.15) is 0 Å². The van der Waals surface area contributed by atoms with Gasteiger partial charge in [-0.25, -0.2) is 4.39 Å². The van der Waals surface area contributed by atoms with Crippen LogP contribution < -0.4 is 5.32 Å². The van der Waals surface area contributed by atoms with Crippen molar-refractivity contribution in [3.63, 3.8) is 0 Å². The van der Waals surface area contributed by atoms with Crippen molar-refractivity contribution < 1.29 is 19.4 Å². The molecule has 0 saturated heterocycles. The van der Waals surface area contributed by atoms with Crippen LogP contribution in [0.3, 0.4) is 0 Å². The molecule has 2 rings (SSSR count). The lowest BCUT2D eigenvalue weighted by molar-refractivity contribution is -0.143. The van der Waals surface area contributed by atoms with Crippen LogP contribution in [0.1, 0.15) is 51.2 Å². The molecular formula is C17H25FN2O3. The Bertz CT molecular complexity index is 542. The Balaban J connectivity index is 1.87.